The van der Waals surface area contributed by atoms with E-state index in [2.05, 4.69) is 16.3 Å². The number of benzene rings is 2. The van der Waals surface area contributed by atoms with Gasteiger partial charge in [0.1, 0.15) is 0 Å². The summed E-state index contributed by atoms with van der Waals surface area (Å²) in [4.78, 5) is 12.0. The topological polar surface area (TPSA) is 70.4 Å². The van der Waals surface area contributed by atoms with Crippen LogP contribution in [0.25, 0.3) is 27.7 Å². The van der Waals surface area contributed by atoms with Crippen molar-refractivity contribution in [1.82, 2.24) is 14.6 Å². The molecule has 0 saturated carbocycles. The van der Waals surface area contributed by atoms with Gasteiger partial charge in [0, 0.05) is 5.39 Å². The number of aromatic amines is 1. The quantitative estimate of drug-likeness (QED) is 0.598. The highest BCUT2D eigenvalue weighted by molar-refractivity contribution is 5.89. The average molecular weight is 305 g/mol. The fraction of sp³-hybridized carbons (Fsp3) is 0.111. The SMILES string of the molecule is Cc1cc2n[nH]c(=O)n2c2ccc(-c3ccccc3CO)cc12. The highest BCUT2D eigenvalue weighted by atomic mass is 16.3. The summed E-state index contributed by atoms with van der Waals surface area (Å²) >= 11 is 0. The summed E-state index contributed by atoms with van der Waals surface area (Å²) in [6.07, 6.45) is 0. The standard InChI is InChI=1S/C18H15N3O2/c1-11-8-17-19-20-18(23)21(17)16-7-6-12(9-15(11)16)14-5-3-2-4-13(14)10-22/h2-9,22H,10H2,1H3,(H,20,23). The van der Waals surface area contributed by atoms with E-state index in [1.165, 1.54) is 0 Å². The summed E-state index contributed by atoms with van der Waals surface area (Å²) < 4.78 is 1.57. The number of aliphatic hydroxyl groups is 1. The van der Waals surface area contributed by atoms with Gasteiger partial charge in [0.2, 0.25) is 0 Å². The first-order valence-corrected chi connectivity index (χ1v) is 7.38. The molecule has 2 aromatic carbocycles. The van der Waals surface area contributed by atoms with Crippen LogP contribution in [0.4, 0.5) is 0 Å². The van der Waals surface area contributed by atoms with E-state index in [1.54, 1.807) is 4.40 Å². The minimum Gasteiger partial charge on any atom is -0.392 e. The lowest BCUT2D eigenvalue weighted by molar-refractivity contribution is 0.282. The average Bonchev–Trinajstić information content (AvgIpc) is 2.95. The number of hydrogen-bond donors (Lipinski definition) is 2. The summed E-state index contributed by atoms with van der Waals surface area (Å²) in [6.45, 7) is 2.00. The molecule has 0 bridgehead atoms. The Morgan fingerprint density at radius 3 is 2.83 bits per heavy atom. The molecule has 0 aliphatic heterocycles. The summed E-state index contributed by atoms with van der Waals surface area (Å²) in [5, 5.41) is 17.0. The Kier molecular flexibility index (Phi) is 3.02. The van der Waals surface area contributed by atoms with Gasteiger partial charge in [-0.1, -0.05) is 30.3 Å². The Balaban J connectivity index is 2.05. The summed E-state index contributed by atoms with van der Waals surface area (Å²) in [5.41, 5.74) is 5.14. The van der Waals surface area contributed by atoms with Crippen LogP contribution in [-0.4, -0.2) is 19.7 Å². The van der Waals surface area contributed by atoms with Crippen LogP contribution in [-0.2, 0) is 6.61 Å². The molecule has 0 saturated heterocycles. The van der Waals surface area contributed by atoms with Gasteiger partial charge in [0.25, 0.3) is 0 Å². The van der Waals surface area contributed by atoms with Gasteiger partial charge in [-0.3, -0.25) is 0 Å². The number of hydrogen-bond acceptors (Lipinski definition) is 3. The van der Waals surface area contributed by atoms with Gasteiger partial charge >= 0.3 is 5.69 Å². The van der Waals surface area contributed by atoms with Gasteiger partial charge in [-0.15, -0.1) is 0 Å². The van der Waals surface area contributed by atoms with Gasteiger partial charge < -0.3 is 5.11 Å². The molecule has 2 N–H and O–H groups in total. The largest absolute Gasteiger partial charge is 0.392 e. The lowest BCUT2D eigenvalue weighted by Gasteiger charge is -2.10. The second-order valence-electron chi connectivity index (χ2n) is 5.60. The lowest BCUT2D eigenvalue weighted by Crippen LogP contribution is -2.10. The van der Waals surface area contributed by atoms with Crippen LogP contribution >= 0.6 is 0 Å². The van der Waals surface area contributed by atoms with E-state index in [4.69, 9.17) is 0 Å². The second kappa shape index (κ2) is 5.07. The highest BCUT2D eigenvalue weighted by Crippen LogP contribution is 2.29. The molecule has 2 heterocycles. The van der Waals surface area contributed by atoms with Crippen LogP contribution in [0, 0.1) is 6.92 Å². The van der Waals surface area contributed by atoms with E-state index in [-0.39, 0.29) is 12.3 Å². The van der Waals surface area contributed by atoms with E-state index in [0.717, 1.165) is 33.2 Å². The van der Waals surface area contributed by atoms with E-state index >= 15 is 0 Å². The second-order valence-corrected chi connectivity index (χ2v) is 5.60. The van der Waals surface area contributed by atoms with Crippen molar-refractivity contribution < 1.29 is 5.11 Å². The van der Waals surface area contributed by atoms with Crippen LogP contribution in [0.5, 0.6) is 0 Å². The number of fused-ring (bicyclic) bond motifs is 3. The van der Waals surface area contributed by atoms with Crippen molar-refractivity contribution in [3.63, 3.8) is 0 Å². The van der Waals surface area contributed by atoms with Gasteiger partial charge in [-0.2, -0.15) is 5.10 Å². The summed E-state index contributed by atoms with van der Waals surface area (Å²) in [5.74, 6) is 0. The maximum atomic E-state index is 12.0. The number of aromatic nitrogens is 3. The predicted octanol–water partition coefficient (Wildman–Crippen LogP) is 2.64. The van der Waals surface area contributed by atoms with Gasteiger partial charge in [0.05, 0.1) is 12.1 Å². The Labute approximate surface area is 131 Å². The van der Waals surface area contributed by atoms with Crippen molar-refractivity contribution >= 4 is 16.6 Å². The Morgan fingerprint density at radius 1 is 1.17 bits per heavy atom. The maximum Gasteiger partial charge on any atom is 0.348 e. The number of H-pyrrole nitrogens is 1. The van der Waals surface area contributed by atoms with Crippen molar-refractivity contribution in [3.05, 3.63) is 70.1 Å². The Morgan fingerprint density at radius 2 is 2.00 bits per heavy atom. The number of aliphatic hydroxyl groups excluding tert-OH is 1. The maximum absolute atomic E-state index is 12.0. The first-order valence-electron chi connectivity index (χ1n) is 7.38. The Hall–Kier alpha value is -2.92. The Bertz CT molecular complexity index is 1090. The monoisotopic (exact) mass is 305 g/mol. The first kappa shape index (κ1) is 13.7. The molecule has 5 nitrogen and oxygen atoms in total. The molecule has 0 fully saturated rings. The lowest BCUT2D eigenvalue weighted by atomic mass is 9.97. The zero-order valence-electron chi connectivity index (χ0n) is 12.6. The molecule has 0 radical (unpaired) electrons. The van der Waals surface area contributed by atoms with Gasteiger partial charge in [-0.05, 0) is 47.4 Å². The number of aryl methyl sites for hydroxylation is 1. The minimum atomic E-state index is -0.242. The van der Waals surface area contributed by atoms with Crippen molar-refractivity contribution in [1.29, 1.82) is 0 Å². The van der Waals surface area contributed by atoms with E-state index < -0.39 is 0 Å². The molecular formula is C18H15N3O2. The molecule has 23 heavy (non-hydrogen) atoms. The first-order chi connectivity index (χ1) is 11.2. The van der Waals surface area contributed by atoms with Crippen molar-refractivity contribution in [2.75, 3.05) is 0 Å². The van der Waals surface area contributed by atoms with Crippen molar-refractivity contribution in [2.24, 2.45) is 0 Å². The molecule has 0 amide bonds. The van der Waals surface area contributed by atoms with E-state index in [1.807, 2.05) is 49.4 Å². The van der Waals surface area contributed by atoms with Crippen molar-refractivity contribution in [2.45, 2.75) is 13.5 Å². The van der Waals surface area contributed by atoms with E-state index in [9.17, 15) is 9.90 Å². The van der Waals surface area contributed by atoms with Gasteiger partial charge in [-0.25, -0.2) is 14.3 Å². The van der Waals surface area contributed by atoms with Gasteiger partial charge in [0.15, 0.2) is 5.65 Å². The number of rotatable bonds is 2. The normalized spacial score (nSPS) is 11.4. The zero-order chi connectivity index (χ0) is 16.0. The smallest absolute Gasteiger partial charge is 0.348 e. The van der Waals surface area contributed by atoms with Crippen LogP contribution in [0.1, 0.15) is 11.1 Å². The molecule has 0 aliphatic carbocycles. The number of nitrogens with one attached hydrogen (secondary N) is 1. The molecule has 114 valence electrons. The zero-order valence-corrected chi connectivity index (χ0v) is 12.6. The molecule has 4 aromatic rings. The predicted molar refractivity (Wildman–Crippen MR) is 89.4 cm³/mol. The molecule has 5 heteroatoms. The molecule has 2 aromatic heterocycles. The molecule has 0 atom stereocenters. The summed E-state index contributed by atoms with van der Waals surface area (Å²) in [6, 6.07) is 15.6. The number of pyridine rings is 1. The van der Waals surface area contributed by atoms with Crippen LogP contribution < -0.4 is 5.69 Å². The molecule has 4 rings (SSSR count). The minimum absolute atomic E-state index is 0.00653. The molecule has 0 unspecified atom stereocenters. The fourth-order valence-electron chi connectivity index (χ4n) is 3.06. The molecular weight excluding hydrogens is 290 g/mol. The summed E-state index contributed by atoms with van der Waals surface area (Å²) in [7, 11) is 0. The fourth-order valence-corrected chi connectivity index (χ4v) is 3.06. The van der Waals surface area contributed by atoms with Crippen LogP contribution in [0.3, 0.4) is 0 Å². The third kappa shape index (κ3) is 2.05. The number of nitrogens with zero attached hydrogens (tertiary/aromatic N) is 2. The third-order valence-electron chi connectivity index (χ3n) is 4.20. The van der Waals surface area contributed by atoms with E-state index in [0.29, 0.717) is 5.65 Å². The highest BCUT2D eigenvalue weighted by Gasteiger charge is 2.10. The van der Waals surface area contributed by atoms with Crippen LogP contribution in [0.2, 0.25) is 0 Å². The third-order valence-corrected chi connectivity index (χ3v) is 4.20. The van der Waals surface area contributed by atoms with Crippen LogP contribution in [0.15, 0.2) is 53.3 Å². The molecule has 0 spiro atoms. The molecule has 0 aliphatic rings. The van der Waals surface area contributed by atoms with Crippen molar-refractivity contribution in [3.8, 4) is 11.1 Å².